The van der Waals surface area contributed by atoms with Gasteiger partial charge in [0.05, 0.1) is 39.3 Å². The number of hydrogen-bond donors (Lipinski definition) is 1. The van der Waals surface area contributed by atoms with Crippen LogP contribution >= 0.6 is 0 Å². The van der Waals surface area contributed by atoms with Gasteiger partial charge < -0.3 is 24.1 Å². The van der Waals surface area contributed by atoms with Crippen LogP contribution in [0.15, 0.2) is 25.3 Å². The molecule has 0 aromatic carbocycles. The molecule has 2 aliphatic rings. The number of esters is 2. The van der Waals surface area contributed by atoms with Gasteiger partial charge in [-0.1, -0.05) is 12.2 Å². The Labute approximate surface area is 236 Å². The summed E-state index contributed by atoms with van der Waals surface area (Å²) in [5.74, 6) is -2.40. The number of ketones is 1. The van der Waals surface area contributed by atoms with E-state index in [-0.39, 0.29) is 18.9 Å². The number of nitrogens with zero attached hydrogens (tertiary/aromatic N) is 2. The fraction of sp³-hybridized carbons (Fsp3) is 0.679. The molecular formula is C28H44N2O10. The van der Waals surface area contributed by atoms with Crippen molar-refractivity contribution in [3.63, 3.8) is 0 Å². The standard InChI is InChI=1S/C14H23NO5.C14H21NO5/c2*1-6-7-9-10(16)8-15(11(9)12(17)19-5)13(18)20-14(2,3)4/h6,9-11,16H,1,7-8H2,2-5H3;6,9,11H,1,7-8H2,2-5H3/t9-,10-,11+;9?,11-/m10/s1. The zero-order chi connectivity index (χ0) is 31.0. The first-order valence-electron chi connectivity index (χ1n) is 13.0. The van der Waals surface area contributed by atoms with E-state index >= 15 is 0 Å². The molecule has 2 fully saturated rings. The van der Waals surface area contributed by atoms with E-state index in [2.05, 4.69) is 13.2 Å². The van der Waals surface area contributed by atoms with Crippen molar-refractivity contribution in [1.29, 1.82) is 0 Å². The maximum atomic E-state index is 12.1. The number of amides is 2. The molecule has 0 aromatic rings. The molecule has 5 atom stereocenters. The van der Waals surface area contributed by atoms with Crippen molar-refractivity contribution in [3.8, 4) is 0 Å². The number of aliphatic hydroxyl groups excluding tert-OH is 1. The summed E-state index contributed by atoms with van der Waals surface area (Å²) in [5.41, 5.74) is -1.36. The quantitative estimate of drug-likeness (QED) is 0.288. The molecule has 0 radical (unpaired) electrons. The van der Waals surface area contributed by atoms with E-state index in [1.165, 1.54) is 19.1 Å². The van der Waals surface area contributed by atoms with E-state index in [9.17, 15) is 29.1 Å². The minimum Gasteiger partial charge on any atom is -0.467 e. The number of allylic oxidation sites excluding steroid dienone is 2. The van der Waals surface area contributed by atoms with Crippen molar-refractivity contribution in [2.24, 2.45) is 11.8 Å². The highest BCUT2D eigenvalue weighted by atomic mass is 16.6. The summed E-state index contributed by atoms with van der Waals surface area (Å²) in [6.07, 6.45) is 1.79. The molecule has 226 valence electrons. The van der Waals surface area contributed by atoms with E-state index < -0.39 is 65.4 Å². The molecule has 0 aromatic heterocycles. The largest absolute Gasteiger partial charge is 0.467 e. The minimum atomic E-state index is -0.944. The summed E-state index contributed by atoms with van der Waals surface area (Å²) in [5, 5.41) is 10.0. The Hall–Kier alpha value is -3.41. The number of carbonyl (C=O) groups excluding carboxylic acids is 5. The summed E-state index contributed by atoms with van der Waals surface area (Å²) < 4.78 is 19.9. The van der Waals surface area contributed by atoms with E-state index in [0.29, 0.717) is 12.8 Å². The number of rotatable bonds is 6. The Kier molecular flexibility index (Phi) is 12.4. The molecule has 2 saturated heterocycles. The van der Waals surface area contributed by atoms with Gasteiger partial charge in [-0.05, 0) is 54.4 Å². The van der Waals surface area contributed by atoms with Crippen molar-refractivity contribution < 1.29 is 48.0 Å². The number of Topliss-reactive ketones (excluding diaryl/α,β-unsaturated/α-hetero) is 1. The Bertz CT molecular complexity index is 965. The highest BCUT2D eigenvalue weighted by Gasteiger charge is 2.49. The predicted octanol–water partition coefficient (Wildman–Crippen LogP) is 2.87. The Morgan fingerprint density at radius 2 is 1.30 bits per heavy atom. The van der Waals surface area contributed by atoms with Gasteiger partial charge in [0.25, 0.3) is 0 Å². The summed E-state index contributed by atoms with van der Waals surface area (Å²) in [7, 11) is 2.48. The van der Waals surface area contributed by atoms with E-state index in [4.69, 9.17) is 18.9 Å². The van der Waals surface area contributed by atoms with Crippen LogP contribution < -0.4 is 0 Å². The van der Waals surface area contributed by atoms with Crippen molar-refractivity contribution in [2.75, 3.05) is 27.3 Å². The van der Waals surface area contributed by atoms with Gasteiger partial charge in [0.15, 0.2) is 5.78 Å². The number of likely N-dealkylation sites (tertiary alicyclic amines) is 2. The third-order valence-electron chi connectivity index (χ3n) is 6.08. The molecule has 40 heavy (non-hydrogen) atoms. The number of β-amino-alcohol motifs (C(OH)–C–C–N with tert-alkyl or cyclic N) is 1. The maximum Gasteiger partial charge on any atom is 0.411 e. The van der Waals surface area contributed by atoms with Gasteiger partial charge in [-0.25, -0.2) is 19.2 Å². The third-order valence-corrected chi connectivity index (χ3v) is 6.08. The van der Waals surface area contributed by atoms with Gasteiger partial charge in [0, 0.05) is 5.92 Å². The van der Waals surface area contributed by atoms with Crippen LogP contribution in [0, 0.1) is 11.8 Å². The molecule has 2 rings (SSSR count). The Morgan fingerprint density at radius 3 is 1.73 bits per heavy atom. The van der Waals surface area contributed by atoms with Crippen molar-refractivity contribution in [2.45, 2.75) is 83.8 Å². The predicted molar refractivity (Wildman–Crippen MR) is 145 cm³/mol. The second-order valence-electron chi connectivity index (χ2n) is 11.5. The van der Waals surface area contributed by atoms with Crippen LogP contribution in [-0.4, -0.2) is 102 Å². The number of ether oxygens (including phenoxy) is 4. The Morgan fingerprint density at radius 1 is 0.850 bits per heavy atom. The average Bonchev–Trinajstić information content (AvgIpc) is 3.34. The monoisotopic (exact) mass is 568 g/mol. The SMILES string of the molecule is C=CCC1C(=O)CN(C(=O)OC(C)(C)C)[C@@H]1C(=O)OC.C=CC[C@@H]1[C@H](O)CN(C(=O)OC(C)(C)C)[C@@H]1C(=O)OC. The lowest BCUT2D eigenvalue weighted by Gasteiger charge is -2.28. The molecule has 2 amide bonds. The Balaban J connectivity index is 0.000000400. The smallest absolute Gasteiger partial charge is 0.411 e. The molecule has 12 nitrogen and oxygen atoms in total. The van der Waals surface area contributed by atoms with Gasteiger partial charge in [0.1, 0.15) is 23.3 Å². The first kappa shape index (κ1) is 34.6. The fourth-order valence-corrected chi connectivity index (χ4v) is 4.43. The molecule has 1 N–H and O–H groups in total. The number of hydrogen-bond acceptors (Lipinski definition) is 10. The van der Waals surface area contributed by atoms with Crippen LogP contribution in [-0.2, 0) is 33.3 Å². The second kappa shape index (κ2) is 14.3. The molecule has 2 aliphatic heterocycles. The number of carbonyl (C=O) groups is 5. The van der Waals surface area contributed by atoms with Gasteiger partial charge in [-0.2, -0.15) is 0 Å². The van der Waals surface area contributed by atoms with Gasteiger partial charge in [0.2, 0.25) is 0 Å². The molecule has 0 bridgehead atoms. The van der Waals surface area contributed by atoms with Crippen molar-refractivity contribution in [1.82, 2.24) is 9.80 Å². The molecule has 12 heteroatoms. The zero-order valence-electron chi connectivity index (χ0n) is 24.8. The number of methoxy groups -OCH3 is 2. The van der Waals surface area contributed by atoms with Crippen LogP contribution in [0.4, 0.5) is 9.59 Å². The van der Waals surface area contributed by atoms with Gasteiger partial charge in [-0.3, -0.25) is 14.6 Å². The van der Waals surface area contributed by atoms with E-state index in [0.717, 1.165) is 4.90 Å². The minimum absolute atomic E-state index is 0.0488. The lowest BCUT2D eigenvalue weighted by atomic mass is 9.94. The maximum absolute atomic E-state index is 12.1. The van der Waals surface area contributed by atoms with Crippen molar-refractivity contribution in [3.05, 3.63) is 25.3 Å². The summed E-state index contributed by atoms with van der Waals surface area (Å²) in [4.78, 5) is 62.4. The number of aliphatic hydroxyl groups is 1. The molecule has 1 unspecified atom stereocenters. The summed E-state index contributed by atoms with van der Waals surface area (Å²) >= 11 is 0. The summed E-state index contributed by atoms with van der Waals surface area (Å²) in [6.45, 7) is 17.5. The van der Waals surface area contributed by atoms with E-state index in [1.807, 2.05) is 0 Å². The highest BCUT2D eigenvalue weighted by Crippen LogP contribution is 2.31. The van der Waals surface area contributed by atoms with Crippen molar-refractivity contribution >= 4 is 29.9 Å². The first-order valence-corrected chi connectivity index (χ1v) is 13.0. The molecule has 0 spiro atoms. The topological polar surface area (TPSA) is 149 Å². The lowest BCUT2D eigenvalue weighted by molar-refractivity contribution is -0.148. The fourth-order valence-electron chi connectivity index (χ4n) is 4.43. The molecule has 0 saturated carbocycles. The highest BCUT2D eigenvalue weighted by molar-refractivity contribution is 5.97. The second-order valence-corrected chi connectivity index (χ2v) is 11.5. The zero-order valence-corrected chi connectivity index (χ0v) is 24.8. The molecule has 0 aliphatic carbocycles. The van der Waals surface area contributed by atoms with Crippen LogP contribution in [0.25, 0.3) is 0 Å². The van der Waals surface area contributed by atoms with Crippen LogP contribution in [0.5, 0.6) is 0 Å². The van der Waals surface area contributed by atoms with Crippen LogP contribution in [0.1, 0.15) is 54.4 Å². The van der Waals surface area contributed by atoms with E-state index in [1.54, 1.807) is 53.7 Å². The first-order chi connectivity index (χ1) is 18.4. The molecule has 2 heterocycles. The van der Waals surface area contributed by atoms with Crippen LogP contribution in [0.2, 0.25) is 0 Å². The third kappa shape index (κ3) is 9.35. The van der Waals surface area contributed by atoms with Gasteiger partial charge >= 0.3 is 24.1 Å². The van der Waals surface area contributed by atoms with Gasteiger partial charge in [-0.15, -0.1) is 13.2 Å². The lowest BCUT2D eigenvalue weighted by Crippen LogP contribution is -2.46. The summed E-state index contributed by atoms with van der Waals surface area (Å²) in [6, 6.07) is -1.79. The normalized spacial score (nSPS) is 24.4. The van der Waals surface area contributed by atoms with Crippen LogP contribution in [0.3, 0.4) is 0 Å². The molecular weight excluding hydrogens is 524 g/mol. The average molecular weight is 569 g/mol.